The van der Waals surface area contributed by atoms with E-state index in [4.69, 9.17) is 4.74 Å². The maximum absolute atomic E-state index is 11.1. The molecule has 0 aliphatic rings. The Hall–Kier alpha value is -2.40. The Balaban J connectivity index is 0.00000341. The molecule has 3 aromatic rings. The van der Waals surface area contributed by atoms with E-state index < -0.39 is 0 Å². The molecule has 0 spiro atoms. The van der Waals surface area contributed by atoms with Crippen LogP contribution in [0.5, 0.6) is 11.5 Å². The summed E-state index contributed by atoms with van der Waals surface area (Å²) in [6.45, 7) is 10.1. The van der Waals surface area contributed by atoms with Gasteiger partial charge >= 0.3 is 17.1 Å². The van der Waals surface area contributed by atoms with Gasteiger partial charge in [-0.15, -0.1) is 0 Å². The van der Waals surface area contributed by atoms with Crippen molar-refractivity contribution in [3.63, 3.8) is 0 Å². The van der Waals surface area contributed by atoms with Crippen molar-refractivity contribution in [2.75, 3.05) is 7.11 Å². The summed E-state index contributed by atoms with van der Waals surface area (Å²) in [4.78, 5) is 11.4. The first-order chi connectivity index (χ1) is 14.3. The first kappa shape index (κ1) is 24.9. The van der Waals surface area contributed by atoms with Gasteiger partial charge < -0.3 is 9.84 Å². The molecule has 0 saturated heterocycles. The zero-order valence-corrected chi connectivity index (χ0v) is 19.8. The molecule has 5 nitrogen and oxygen atoms in total. The maximum Gasteiger partial charge on any atom is 2.00 e. The number of aryl methyl sites for hydroxylation is 1. The SMILES string of the molecule is COc1cc(CN(Cc2ccccn2)Cc2cccc(C)n2)c(O)c(C(C)(C)C)c1.[Cu+2]. The van der Waals surface area contributed by atoms with E-state index in [0.29, 0.717) is 25.4 Å². The topological polar surface area (TPSA) is 58.5 Å². The molecule has 1 aromatic carbocycles. The van der Waals surface area contributed by atoms with Crippen LogP contribution in [0.1, 0.15) is 49.0 Å². The minimum absolute atomic E-state index is 0. The van der Waals surface area contributed by atoms with Crippen LogP contribution in [0.4, 0.5) is 0 Å². The number of phenolic OH excluding ortho intramolecular Hbond substituents is 1. The van der Waals surface area contributed by atoms with Gasteiger partial charge in [0.2, 0.25) is 0 Å². The van der Waals surface area contributed by atoms with Crippen LogP contribution >= 0.6 is 0 Å². The van der Waals surface area contributed by atoms with Gasteiger partial charge in [-0.05, 0) is 48.7 Å². The Morgan fingerprint density at radius 2 is 1.68 bits per heavy atom. The number of rotatable bonds is 7. The van der Waals surface area contributed by atoms with Crippen molar-refractivity contribution < 1.29 is 26.9 Å². The Morgan fingerprint density at radius 3 is 2.29 bits per heavy atom. The molecule has 1 N–H and O–H groups in total. The molecule has 0 fully saturated rings. The third-order valence-corrected chi connectivity index (χ3v) is 5.04. The zero-order valence-electron chi connectivity index (χ0n) is 18.8. The first-order valence-electron chi connectivity index (χ1n) is 10.2. The summed E-state index contributed by atoms with van der Waals surface area (Å²) in [6, 6.07) is 15.8. The van der Waals surface area contributed by atoms with E-state index in [2.05, 4.69) is 35.6 Å². The van der Waals surface area contributed by atoms with Gasteiger partial charge in [-0.1, -0.05) is 32.9 Å². The summed E-state index contributed by atoms with van der Waals surface area (Å²) in [5.41, 5.74) is 4.47. The van der Waals surface area contributed by atoms with Crippen LogP contribution < -0.4 is 4.74 Å². The summed E-state index contributed by atoms with van der Waals surface area (Å²) in [7, 11) is 1.66. The van der Waals surface area contributed by atoms with Crippen molar-refractivity contribution in [3.05, 3.63) is 82.9 Å². The van der Waals surface area contributed by atoms with E-state index in [-0.39, 0.29) is 22.5 Å². The van der Waals surface area contributed by atoms with Gasteiger partial charge in [-0.2, -0.15) is 0 Å². The third-order valence-electron chi connectivity index (χ3n) is 5.04. The van der Waals surface area contributed by atoms with E-state index >= 15 is 0 Å². The summed E-state index contributed by atoms with van der Waals surface area (Å²) in [6.07, 6.45) is 1.80. The summed E-state index contributed by atoms with van der Waals surface area (Å²) in [5, 5.41) is 11.1. The zero-order chi connectivity index (χ0) is 21.7. The fourth-order valence-corrected chi connectivity index (χ4v) is 3.52. The molecule has 3 rings (SSSR count). The van der Waals surface area contributed by atoms with Gasteiger partial charge in [0.1, 0.15) is 11.5 Å². The number of hydrogen-bond donors (Lipinski definition) is 1. The van der Waals surface area contributed by atoms with Crippen LogP contribution in [0.25, 0.3) is 0 Å². The Labute approximate surface area is 196 Å². The molecule has 6 heteroatoms. The fraction of sp³-hybridized carbons (Fsp3) is 0.360. The molecular formula is C25H31CuN3O2+2. The molecule has 2 heterocycles. The maximum atomic E-state index is 11.1. The number of methoxy groups -OCH3 is 1. The van der Waals surface area contributed by atoms with Gasteiger partial charge in [0.05, 0.1) is 18.5 Å². The summed E-state index contributed by atoms with van der Waals surface area (Å²) in [5.74, 6) is 1.07. The molecule has 1 radical (unpaired) electrons. The number of aromatic nitrogens is 2. The number of ether oxygens (including phenoxy) is 1. The summed E-state index contributed by atoms with van der Waals surface area (Å²) >= 11 is 0. The van der Waals surface area contributed by atoms with E-state index in [1.54, 1.807) is 13.3 Å². The van der Waals surface area contributed by atoms with Crippen molar-refractivity contribution in [3.8, 4) is 11.5 Å². The van der Waals surface area contributed by atoms with Crippen LogP contribution in [0.3, 0.4) is 0 Å². The van der Waals surface area contributed by atoms with E-state index in [9.17, 15) is 5.11 Å². The van der Waals surface area contributed by atoms with Crippen LogP contribution in [0, 0.1) is 6.92 Å². The predicted molar refractivity (Wildman–Crippen MR) is 120 cm³/mol. The standard InChI is InChI=1S/C25H31N3O2.Cu/c1-18-9-8-11-21(27-18)17-28(16-20-10-6-7-12-26-20)15-19-13-22(30-5)14-23(24(19)29)25(2,3)4;/h6-14,29H,15-17H2,1-5H3;/q;+2. The Morgan fingerprint density at radius 1 is 0.968 bits per heavy atom. The number of hydrogen-bond acceptors (Lipinski definition) is 5. The fourth-order valence-electron chi connectivity index (χ4n) is 3.52. The molecule has 31 heavy (non-hydrogen) atoms. The molecule has 0 aliphatic heterocycles. The van der Waals surface area contributed by atoms with E-state index in [0.717, 1.165) is 34.0 Å². The van der Waals surface area contributed by atoms with Crippen molar-refractivity contribution >= 4 is 0 Å². The molecule has 0 unspecified atom stereocenters. The number of phenols is 1. The normalized spacial score (nSPS) is 11.3. The molecule has 0 saturated carbocycles. The summed E-state index contributed by atoms with van der Waals surface area (Å²) < 4.78 is 5.53. The van der Waals surface area contributed by atoms with Crippen molar-refractivity contribution in [2.24, 2.45) is 0 Å². The number of nitrogens with zero attached hydrogens (tertiary/aromatic N) is 3. The average Bonchev–Trinajstić information content (AvgIpc) is 2.69. The van der Waals surface area contributed by atoms with Crippen LogP contribution in [-0.2, 0) is 42.1 Å². The van der Waals surface area contributed by atoms with Crippen LogP contribution in [0.15, 0.2) is 54.7 Å². The third kappa shape index (κ3) is 6.79. The van der Waals surface area contributed by atoms with Gasteiger partial charge in [0.25, 0.3) is 0 Å². The predicted octanol–water partition coefficient (Wildman–Crippen LogP) is 5.00. The number of aromatic hydroxyl groups is 1. The molecule has 0 amide bonds. The molecule has 0 bridgehead atoms. The largest absolute Gasteiger partial charge is 2.00 e. The van der Waals surface area contributed by atoms with E-state index in [1.807, 2.05) is 55.5 Å². The van der Waals surface area contributed by atoms with Gasteiger partial charge in [0, 0.05) is 42.7 Å². The quantitative estimate of drug-likeness (QED) is 0.494. The second kappa shape index (κ2) is 10.8. The smallest absolute Gasteiger partial charge is 0.507 e. The first-order valence-corrected chi connectivity index (χ1v) is 10.2. The van der Waals surface area contributed by atoms with Gasteiger partial charge in [0.15, 0.2) is 0 Å². The number of pyridine rings is 2. The second-order valence-corrected chi connectivity index (χ2v) is 8.67. The Kier molecular flexibility index (Phi) is 8.63. The van der Waals surface area contributed by atoms with E-state index in [1.165, 1.54) is 0 Å². The van der Waals surface area contributed by atoms with Crippen molar-refractivity contribution in [2.45, 2.75) is 52.7 Å². The number of benzene rings is 1. The molecule has 0 atom stereocenters. The van der Waals surface area contributed by atoms with Gasteiger partial charge in [-0.3, -0.25) is 14.9 Å². The molecule has 167 valence electrons. The molecule has 0 aliphatic carbocycles. The van der Waals surface area contributed by atoms with Crippen molar-refractivity contribution in [1.29, 1.82) is 0 Å². The second-order valence-electron chi connectivity index (χ2n) is 8.67. The van der Waals surface area contributed by atoms with Gasteiger partial charge in [-0.25, -0.2) is 0 Å². The minimum atomic E-state index is -0.197. The Bertz CT molecular complexity index is 988. The average molecular weight is 469 g/mol. The molecular weight excluding hydrogens is 438 g/mol. The minimum Gasteiger partial charge on any atom is -0.507 e. The van der Waals surface area contributed by atoms with Crippen LogP contribution in [0.2, 0.25) is 0 Å². The van der Waals surface area contributed by atoms with Crippen molar-refractivity contribution in [1.82, 2.24) is 14.9 Å². The monoisotopic (exact) mass is 468 g/mol. The molecule has 2 aromatic heterocycles. The van der Waals surface area contributed by atoms with Crippen LogP contribution in [-0.4, -0.2) is 27.1 Å².